The van der Waals surface area contributed by atoms with Crippen molar-refractivity contribution in [1.29, 1.82) is 0 Å². The van der Waals surface area contributed by atoms with Gasteiger partial charge in [-0.2, -0.15) is 0 Å². The van der Waals surface area contributed by atoms with Crippen molar-refractivity contribution in [1.82, 2.24) is 4.98 Å². The fourth-order valence-electron chi connectivity index (χ4n) is 3.71. The van der Waals surface area contributed by atoms with Crippen LogP contribution in [0, 0.1) is 0 Å². The fourth-order valence-corrected chi connectivity index (χ4v) is 4.96. The monoisotopic (exact) mass is 474 g/mol. The lowest BCUT2D eigenvalue weighted by atomic mass is 10.1. The smallest absolute Gasteiger partial charge is 0.272 e. The van der Waals surface area contributed by atoms with Gasteiger partial charge in [0.1, 0.15) is 0 Å². The summed E-state index contributed by atoms with van der Waals surface area (Å²) in [6.07, 6.45) is 3.02. The van der Waals surface area contributed by atoms with Crippen LogP contribution >= 0.6 is 23.4 Å². The molecule has 0 N–H and O–H groups in total. The van der Waals surface area contributed by atoms with Crippen molar-refractivity contribution in [2.45, 2.75) is 6.92 Å². The number of amidine groups is 1. The first kappa shape index (κ1) is 21.1. The van der Waals surface area contributed by atoms with Crippen LogP contribution in [0.1, 0.15) is 12.5 Å². The van der Waals surface area contributed by atoms with E-state index in [2.05, 4.69) is 9.98 Å². The van der Waals surface area contributed by atoms with Gasteiger partial charge in [-0.3, -0.25) is 24.3 Å². The van der Waals surface area contributed by atoms with E-state index in [1.165, 1.54) is 18.0 Å². The second-order valence-corrected chi connectivity index (χ2v) is 8.57. The average molecular weight is 475 g/mol. The number of aromatic nitrogens is 1. The van der Waals surface area contributed by atoms with Crippen molar-refractivity contribution in [3.05, 3.63) is 88.5 Å². The number of para-hydroxylation sites is 2. The molecular formula is C24H15ClN4O3S. The Morgan fingerprint density at radius 3 is 2.45 bits per heavy atom. The number of pyridine rings is 1. The molecule has 0 unspecified atom stereocenters. The van der Waals surface area contributed by atoms with Crippen LogP contribution in [0.3, 0.4) is 0 Å². The lowest BCUT2D eigenvalue weighted by Crippen LogP contribution is -2.32. The maximum atomic E-state index is 13.7. The maximum Gasteiger partial charge on any atom is 0.272 e. The molecule has 0 bridgehead atoms. The number of anilines is 2. The molecule has 1 fully saturated rings. The molecule has 0 spiro atoms. The molecule has 3 amide bonds. The van der Waals surface area contributed by atoms with Gasteiger partial charge in [0.25, 0.3) is 11.8 Å². The standard InChI is InChI=1S/C24H15ClN4O3S/c1-14(30)28-19-10-6-5-9-16(19)20(22(28)31)21-23(32)29(15-7-3-2-4-8-15)24(33-21)27-18-11-12-26-13-17(18)25/h2-13H,1H3/b21-20-,27-24?. The van der Waals surface area contributed by atoms with Crippen LogP contribution in [0.15, 0.2) is 83.0 Å². The SMILES string of the molecule is CC(=O)N1C(=O)/C(=C2\SC(=Nc3ccncc3Cl)N(c3ccccc3)C2=O)c2ccccc21. The van der Waals surface area contributed by atoms with Crippen molar-refractivity contribution in [3.8, 4) is 0 Å². The molecule has 5 rings (SSSR count). The minimum absolute atomic E-state index is 0.183. The summed E-state index contributed by atoms with van der Waals surface area (Å²) in [5.74, 6) is -1.36. The molecule has 0 atom stereocenters. The summed E-state index contributed by atoms with van der Waals surface area (Å²) < 4.78 is 0. The predicted octanol–water partition coefficient (Wildman–Crippen LogP) is 4.81. The zero-order chi connectivity index (χ0) is 23.1. The highest BCUT2D eigenvalue weighted by atomic mass is 35.5. The summed E-state index contributed by atoms with van der Waals surface area (Å²) in [6, 6.07) is 17.6. The molecule has 2 aliphatic heterocycles. The predicted molar refractivity (Wildman–Crippen MR) is 129 cm³/mol. The topological polar surface area (TPSA) is 82.9 Å². The first-order valence-corrected chi connectivity index (χ1v) is 11.1. The Labute approximate surface area is 198 Å². The molecule has 33 heavy (non-hydrogen) atoms. The summed E-state index contributed by atoms with van der Waals surface area (Å²) >= 11 is 7.32. The van der Waals surface area contributed by atoms with Crippen LogP contribution in [0.25, 0.3) is 5.57 Å². The molecule has 3 heterocycles. The first-order chi connectivity index (χ1) is 16.0. The number of carbonyl (C=O) groups excluding carboxylic acids is 3. The van der Waals surface area contributed by atoms with Gasteiger partial charge in [-0.25, -0.2) is 9.89 Å². The summed E-state index contributed by atoms with van der Waals surface area (Å²) in [5, 5.41) is 0.672. The Morgan fingerprint density at radius 2 is 1.73 bits per heavy atom. The van der Waals surface area contributed by atoms with Gasteiger partial charge in [0.15, 0.2) is 5.17 Å². The van der Waals surface area contributed by atoms with Crippen molar-refractivity contribution < 1.29 is 14.4 Å². The molecule has 1 aromatic heterocycles. The third kappa shape index (κ3) is 3.53. The number of imide groups is 1. The Bertz CT molecular complexity index is 1390. The minimum Gasteiger partial charge on any atom is -0.274 e. The normalized spacial score (nSPS) is 18.9. The quantitative estimate of drug-likeness (QED) is 0.498. The van der Waals surface area contributed by atoms with Gasteiger partial charge in [-0.15, -0.1) is 0 Å². The largest absolute Gasteiger partial charge is 0.274 e. The highest BCUT2D eigenvalue weighted by molar-refractivity contribution is 8.19. The summed E-state index contributed by atoms with van der Waals surface area (Å²) in [5.41, 5.74) is 2.21. The summed E-state index contributed by atoms with van der Waals surface area (Å²) in [4.78, 5) is 50.5. The van der Waals surface area contributed by atoms with E-state index in [1.54, 1.807) is 48.7 Å². The molecule has 162 valence electrons. The Morgan fingerprint density at radius 1 is 1.00 bits per heavy atom. The van der Waals surface area contributed by atoms with Crippen LogP contribution in [0.4, 0.5) is 17.1 Å². The maximum absolute atomic E-state index is 13.7. The van der Waals surface area contributed by atoms with Gasteiger partial charge >= 0.3 is 0 Å². The van der Waals surface area contributed by atoms with Crippen molar-refractivity contribution in [3.63, 3.8) is 0 Å². The number of aliphatic imine (C=N–C) groups is 1. The van der Waals surface area contributed by atoms with Crippen molar-refractivity contribution >= 4 is 68.9 Å². The Kier molecular flexibility index (Phi) is 5.32. The van der Waals surface area contributed by atoms with E-state index in [9.17, 15) is 14.4 Å². The molecule has 0 saturated carbocycles. The van der Waals surface area contributed by atoms with Gasteiger partial charge in [-0.05, 0) is 36.0 Å². The van der Waals surface area contributed by atoms with E-state index >= 15 is 0 Å². The number of carbonyl (C=O) groups is 3. The van der Waals surface area contributed by atoms with Gasteiger partial charge < -0.3 is 0 Å². The number of amides is 3. The van der Waals surface area contributed by atoms with E-state index in [0.717, 1.165) is 16.7 Å². The molecule has 3 aromatic rings. The number of hydrogen-bond donors (Lipinski definition) is 0. The second kappa shape index (κ2) is 8.31. The Hall–Kier alpha value is -3.75. The van der Waals surface area contributed by atoms with E-state index in [1.807, 2.05) is 18.2 Å². The van der Waals surface area contributed by atoms with Crippen LogP contribution < -0.4 is 9.80 Å². The highest BCUT2D eigenvalue weighted by Crippen LogP contribution is 2.46. The second-order valence-electron chi connectivity index (χ2n) is 7.18. The average Bonchev–Trinajstić information content (AvgIpc) is 3.28. The van der Waals surface area contributed by atoms with E-state index in [-0.39, 0.29) is 10.5 Å². The lowest BCUT2D eigenvalue weighted by Gasteiger charge is -2.15. The van der Waals surface area contributed by atoms with Gasteiger partial charge in [0.2, 0.25) is 5.91 Å². The summed E-state index contributed by atoms with van der Waals surface area (Å²) in [6.45, 7) is 1.32. The zero-order valence-corrected chi connectivity index (χ0v) is 18.8. The van der Waals surface area contributed by atoms with Gasteiger partial charge in [0.05, 0.1) is 32.6 Å². The molecule has 2 aliphatic rings. The van der Waals surface area contributed by atoms with Crippen LogP contribution in [0.2, 0.25) is 5.02 Å². The number of halogens is 1. The van der Waals surface area contributed by atoms with Crippen LogP contribution in [0.5, 0.6) is 0 Å². The van der Waals surface area contributed by atoms with Gasteiger partial charge in [-0.1, -0.05) is 48.0 Å². The molecule has 0 aliphatic carbocycles. The van der Waals surface area contributed by atoms with Gasteiger partial charge in [0, 0.05) is 24.9 Å². The molecule has 0 radical (unpaired) electrons. The van der Waals surface area contributed by atoms with E-state index in [0.29, 0.717) is 32.8 Å². The van der Waals surface area contributed by atoms with Crippen molar-refractivity contribution in [2.24, 2.45) is 4.99 Å². The number of rotatable bonds is 2. The number of hydrogen-bond acceptors (Lipinski definition) is 6. The summed E-state index contributed by atoms with van der Waals surface area (Å²) in [7, 11) is 0. The van der Waals surface area contributed by atoms with E-state index in [4.69, 9.17) is 11.6 Å². The highest BCUT2D eigenvalue weighted by Gasteiger charge is 2.44. The number of thioether (sulfide) groups is 1. The number of nitrogens with zero attached hydrogens (tertiary/aromatic N) is 4. The fraction of sp³-hybridized carbons (Fsp3) is 0.0417. The molecular weight excluding hydrogens is 460 g/mol. The third-order valence-corrected chi connectivity index (χ3v) is 6.47. The number of benzene rings is 2. The molecule has 1 saturated heterocycles. The first-order valence-electron chi connectivity index (χ1n) is 9.91. The molecule has 7 nitrogen and oxygen atoms in total. The van der Waals surface area contributed by atoms with Crippen molar-refractivity contribution in [2.75, 3.05) is 9.80 Å². The lowest BCUT2D eigenvalue weighted by molar-refractivity contribution is -0.122. The molecule has 2 aromatic carbocycles. The van der Waals surface area contributed by atoms with E-state index < -0.39 is 17.7 Å². The van der Waals surface area contributed by atoms with Crippen LogP contribution in [-0.2, 0) is 14.4 Å². The molecule has 9 heteroatoms. The number of fused-ring (bicyclic) bond motifs is 1. The minimum atomic E-state index is -0.532. The third-order valence-electron chi connectivity index (χ3n) is 5.14. The zero-order valence-electron chi connectivity index (χ0n) is 17.2. The van der Waals surface area contributed by atoms with Crippen LogP contribution in [-0.4, -0.2) is 27.9 Å². The Balaban J connectivity index is 1.71.